The standard InChI is InChI=1S/C16H26BrNO2/c1-3-5-9-19-10-11-20-16-7-6-15(17)12-14(16)13-18-8-4-2/h6-7,12,18H,3-5,8-11,13H2,1-2H3. The van der Waals surface area contributed by atoms with E-state index in [1.165, 1.54) is 12.0 Å². The third kappa shape index (κ3) is 7.27. The molecule has 114 valence electrons. The van der Waals surface area contributed by atoms with E-state index >= 15 is 0 Å². The predicted octanol–water partition coefficient (Wildman–Crippen LogP) is 4.14. The zero-order valence-electron chi connectivity index (χ0n) is 12.6. The quantitative estimate of drug-likeness (QED) is 0.612. The molecule has 1 rings (SSSR count). The van der Waals surface area contributed by atoms with Gasteiger partial charge in [-0.3, -0.25) is 0 Å². The predicted molar refractivity (Wildman–Crippen MR) is 87.4 cm³/mol. The van der Waals surface area contributed by atoms with Gasteiger partial charge in [-0.15, -0.1) is 0 Å². The minimum absolute atomic E-state index is 0.603. The minimum atomic E-state index is 0.603. The number of hydrogen-bond donors (Lipinski definition) is 1. The molecule has 0 spiro atoms. The first kappa shape index (κ1) is 17.5. The highest BCUT2D eigenvalue weighted by Crippen LogP contribution is 2.23. The molecule has 1 aromatic rings. The smallest absolute Gasteiger partial charge is 0.123 e. The van der Waals surface area contributed by atoms with Crippen LogP contribution in [0.15, 0.2) is 22.7 Å². The highest BCUT2D eigenvalue weighted by atomic mass is 79.9. The molecule has 0 unspecified atom stereocenters. The summed E-state index contributed by atoms with van der Waals surface area (Å²) in [5.74, 6) is 0.941. The molecule has 0 saturated heterocycles. The number of hydrogen-bond acceptors (Lipinski definition) is 3. The molecular weight excluding hydrogens is 318 g/mol. The Labute approximate surface area is 131 Å². The molecule has 0 bridgehead atoms. The van der Waals surface area contributed by atoms with Crippen molar-refractivity contribution in [2.75, 3.05) is 26.4 Å². The molecule has 4 heteroatoms. The lowest BCUT2D eigenvalue weighted by Gasteiger charge is -2.13. The Morgan fingerprint density at radius 2 is 1.95 bits per heavy atom. The van der Waals surface area contributed by atoms with E-state index in [1.54, 1.807) is 0 Å². The second-order valence-electron chi connectivity index (χ2n) is 4.74. The first-order valence-electron chi connectivity index (χ1n) is 7.47. The average Bonchev–Trinajstić information content (AvgIpc) is 2.45. The fourth-order valence-corrected chi connectivity index (χ4v) is 2.19. The van der Waals surface area contributed by atoms with Gasteiger partial charge in [0.1, 0.15) is 12.4 Å². The third-order valence-corrected chi connectivity index (χ3v) is 3.39. The van der Waals surface area contributed by atoms with E-state index in [4.69, 9.17) is 9.47 Å². The van der Waals surface area contributed by atoms with Gasteiger partial charge in [-0.25, -0.2) is 0 Å². The number of nitrogens with one attached hydrogen (secondary N) is 1. The maximum atomic E-state index is 5.82. The molecule has 1 N–H and O–H groups in total. The molecular formula is C16H26BrNO2. The molecule has 0 atom stereocenters. The van der Waals surface area contributed by atoms with Crippen molar-refractivity contribution in [2.45, 2.75) is 39.7 Å². The van der Waals surface area contributed by atoms with Crippen molar-refractivity contribution in [3.8, 4) is 5.75 Å². The van der Waals surface area contributed by atoms with Gasteiger partial charge >= 0.3 is 0 Å². The average molecular weight is 344 g/mol. The van der Waals surface area contributed by atoms with Crippen LogP contribution in [-0.4, -0.2) is 26.4 Å². The monoisotopic (exact) mass is 343 g/mol. The molecule has 0 radical (unpaired) electrons. The number of ether oxygens (including phenoxy) is 2. The lowest BCUT2D eigenvalue weighted by molar-refractivity contribution is 0.0977. The van der Waals surface area contributed by atoms with Gasteiger partial charge in [0, 0.05) is 23.2 Å². The molecule has 1 aromatic carbocycles. The second-order valence-corrected chi connectivity index (χ2v) is 5.66. The highest BCUT2D eigenvalue weighted by molar-refractivity contribution is 9.10. The van der Waals surface area contributed by atoms with Crippen molar-refractivity contribution < 1.29 is 9.47 Å². The molecule has 0 amide bonds. The molecule has 0 saturated carbocycles. The van der Waals surface area contributed by atoms with Crippen molar-refractivity contribution in [1.29, 1.82) is 0 Å². The maximum absolute atomic E-state index is 5.82. The number of rotatable bonds is 11. The number of halogens is 1. The van der Waals surface area contributed by atoms with Crippen molar-refractivity contribution in [1.82, 2.24) is 5.32 Å². The van der Waals surface area contributed by atoms with E-state index in [2.05, 4.69) is 41.2 Å². The van der Waals surface area contributed by atoms with Crippen molar-refractivity contribution in [2.24, 2.45) is 0 Å². The molecule has 0 aliphatic rings. The Bertz CT molecular complexity index is 371. The van der Waals surface area contributed by atoms with Crippen LogP contribution >= 0.6 is 15.9 Å². The fourth-order valence-electron chi connectivity index (χ4n) is 1.79. The molecule has 0 fully saturated rings. The Kier molecular flexibility index (Phi) is 9.71. The van der Waals surface area contributed by atoms with Gasteiger partial charge in [0.25, 0.3) is 0 Å². The van der Waals surface area contributed by atoms with Crippen LogP contribution in [0.4, 0.5) is 0 Å². The summed E-state index contributed by atoms with van der Waals surface area (Å²) in [4.78, 5) is 0. The van der Waals surface area contributed by atoms with E-state index in [9.17, 15) is 0 Å². The maximum Gasteiger partial charge on any atom is 0.123 e. The van der Waals surface area contributed by atoms with Crippen LogP contribution in [0.2, 0.25) is 0 Å². The van der Waals surface area contributed by atoms with Crippen LogP contribution in [0.3, 0.4) is 0 Å². The zero-order chi connectivity index (χ0) is 14.6. The molecule has 0 aromatic heterocycles. The first-order chi connectivity index (χ1) is 9.77. The fraction of sp³-hybridized carbons (Fsp3) is 0.625. The normalized spacial score (nSPS) is 10.8. The Morgan fingerprint density at radius 1 is 1.10 bits per heavy atom. The van der Waals surface area contributed by atoms with Crippen LogP contribution in [0.5, 0.6) is 5.75 Å². The molecule has 20 heavy (non-hydrogen) atoms. The summed E-state index contributed by atoms with van der Waals surface area (Å²) in [5.41, 5.74) is 1.18. The summed E-state index contributed by atoms with van der Waals surface area (Å²) in [5, 5.41) is 3.41. The van der Waals surface area contributed by atoms with Crippen molar-refractivity contribution >= 4 is 15.9 Å². The first-order valence-corrected chi connectivity index (χ1v) is 8.27. The van der Waals surface area contributed by atoms with Gasteiger partial charge < -0.3 is 14.8 Å². The van der Waals surface area contributed by atoms with Gasteiger partial charge in [-0.2, -0.15) is 0 Å². The number of benzene rings is 1. The van der Waals surface area contributed by atoms with E-state index in [-0.39, 0.29) is 0 Å². The molecule has 0 aliphatic carbocycles. The van der Waals surface area contributed by atoms with Crippen LogP contribution in [0.1, 0.15) is 38.7 Å². The van der Waals surface area contributed by atoms with Gasteiger partial charge in [0.05, 0.1) is 6.61 Å². The highest BCUT2D eigenvalue weighted by Gasteiger charge is 2.04. The third-order valence-electron chi connectivity index (χ3n) is 2.89. The summed E-state index contributed by atoms with van der Waals surface area (Å²) in [7, 11) is 0. The Balaban J connectivity index is 2.38. The lowest BCUT2D eigenvalue weighted by Crippen LogP contribution is -2.15. The Morgan fingerprint density at radius 3 is 2.70 bits per heavy atom. The van der Waals surface area contributed by atoms with Gasteiger partial charge in [0.2, 0.25) is 0 Å². The summed E-state index contributed by atoms with van der Waals surface area (Å²) in [6.07, 6.45) is 3.42. The summed E-state index contributed by atoms with van der Waals surface area (Å²) >= 11 is 3.51. The topological polar surface area (TPSA) is 30.5 Å². The van der Waals surface area contributed by atoms with E-state index < -0.39 is 0 Å². The number of unbranched alkanes of at least 4 members (excludes halogenated alkanes) is 1. The van der Waals surface area contributed by atoms with Gasteiger partial charge in [0.15, 0.2) is 0 Å². The van der Waals surface area contributed by atoms with Crippen molar-refractivity contribution in [3.05, 3.63) is 28.2 Å². The lowest BCUT2D eigenvalue weighted by atomic mass is 10.2. The van der Waals surface area contributed by atoms with E-state index in [1.807, 2.05) is 12.1 Å². The van der Waals surface area contributed by atoms with Gasteiger partial charge in [-0.1, -0.05) is 36.2 Å². The van der Waals surface area contributed by atoms with E-state index in [0.29, 0.717) is 13.2 Å². The van der Waals surface area contributed by atoms with Crippen molar-refractivity contribution in [3.63, 3.8) is 0 Å². The Hall–Kier alpha value is -0.580. The second kappa shape index (κ2) is 11.1. The van der Waals surface area contributed by atoms with Gasteiger partial charge in [-0.05, 0) is 37.6 Å². The van der Waals surface area contributed by atoms with Crippen LogP contribution in [0, 0.1) is 0 Å². The SMILES string of the molecule is CCCCOCCOc1ccc(Br)cc1CNCCC. The summed E-state index contributed by atoms with van der Waals surface area (Å²) < 4.78 is 12.4. The van der Waals surface area contributed by atoms with E-state index in [0.717, 1.165) is 42.8 Å². The summed E-state index contributed by atoms with van der Waals surface area (Å²) in [6.45, 7) is 8.26. The molecule has 0 heterocycles. The van der Waals surface area contributed by atoms with Crippen LogP contribution in [-0.2, 0) is 11.3 Å². The van der Waals surface area contributed by atoms with Crippen LogP contribution < -0.4 is 10.1 Å². The zero-order valence-corrected chi connectivity index (χ0v) is 14.2. The largest absolute Gasteiger partial charge is 0.491 e. The molecule has 0 aliphatic heterocycles. The molecule has 3 nitrogen and oxygen atoms in total. The van der Waals surface area contributed by atoms with Crippen LogP contribution in [0.25, 0.3) is 0 Å². The summed E-state index contributed by atoms with van der Waals surface area (Å²) in [6, 6.07) is 6.13. The minimum Gasteiger partial charge on any atom is -0.491 e.